The molecule has 0 aliphatic rings. The summed E-state index contributed by atoms with van der Waals surface area (Å²) in [6.07, 6.45) is -0.795. The van der Waals surface area contributed by atoms with Crippen molar-refractivity contribution in [1.29, 1.82) is 0 Å². The summed E-state index contributed by atoms with van der Waals surface area (Å²) in [5.74, 6) is -7.65. The molecule has 12 nitrogen and oxygen atoms in total. The second-order valence-corrected chi connectivity index (χ2v) is 12.8. The van der Waals surface area contributed by atoms with Gasteiger partial charge in [-0.3, -0.25) is 28.8 Å². The number of rotatable bonds is 17. The number of amides is 3. The Kier molecular flexibility index (Phi) is 14.7. The molecular formula is C32H47F2N3O9. The standard InChI is InChI=1S/C32H47F2N3O9/c1-17(2)25(37-28(41)18(3)14-23(38)44-9)30(43)35-19(4)29(42)36-22(15-24(39)45-10)27(40)31(5,6)16-32(7,8)46-26-20(33)12-11-13-21(26)34/h11-13,17-19,22,25H,14-16H2,1-10H3,(H,35,43)(H,36,42)(H,37,41)/t18?,19?,22-,25-/m0/s1. The number of halogens is 2. The highest BCUT2D eigenvalue weighted by Gasteiger charge is 2.42. The first kappa shape index (κ1) is 39.9. The monoisotopic (exact) mass is 655 g/mol. The number of ketones is 1. The van der Waals surface area contributed by atoms with Crippen molar-refractivity contribution in [3.63, 3.8) is 0 Å². The molecule has 0 bridgehead atoms. The van der Waals surface area contributed by atoms with E-state index in [-0.39, 0.29) is 12.8 Å². The summed E-state index contributed by atoms with van der Waals surface area (Å²) in [6, 6.07) is -0.399. The summed E-state index contributed by atoms with van der Waals surface area (Å²) in [4.78, 5) is 76.4. The molecule has 0 saturated carbocycles. The quantitative estimate of drug-likeness (QED) is 0.214. The fourth-order valence-electron chi connectivity index (χ4n) is 4.90. The Labute approximate surface area is 268 Å². The Morgan fingerprint density at radius 3 is 1.78 bits per heavy atom. The van der Waals surface area contributed by atoms with Crippen LogP contribution >= 0.6 is 0 Å². The lowest BCUT2D eigenvalue weighted by Gasteiger charge is -2.36. The predicted molar refractivity (Wildman–Crippen MR) is 163 cm³/mol. The minimum Gasteiger partial charge on any atom is -0.482 e. The average Bonchev–Trinajstić information content (AvgIpc) is 2.95. The molecule has 14 heteroatoms. The number of hydrogen-bond acceptors (Lipinski definition) is 9. The van der Waals surface area contributed by atoms with E-state index in [1.165, 1.54) is 40.9 Å². The SMILES string of the molecule is COC(=O)CC(C)C(=O)N[C@H](C(=O)NC(C)C(=O)N[C@@H](CC(=O)OC)C(=O)C(C)(C)CC(C)(C)Oc1c(F)cccc1F)C(C)C. The van der Waals surface area contributed by atoms with E-state index in [9.17, 15) is 37.5 Å². The zero-order chi connectivity index (χ0) is 35.6. The molecule has 0 radical (unpaired) electrons. The van der Waals surface area contributed by atoms with Gasteiger partial charge in [-0.2, -0.15) is 0 Å². The maximum absolute atomic E-state index is 14.2. The molecule has 0 heterocycles. The summed E-state index contributed by atoms with van der Waals surface area (Å²) in [6.45, 7) is 12.4. The number of hydrogen-bond donors (Lipinski definition) is 3. The number of carbonyl (C=O) groups excluding carboxylic acids is 6. The van der Waals surface area contributed by atoms with Gasteiger partial charge in [0.2, 0.25) is 17.7 Å². The molecule has 0 spiro atoms. The molecule has 3 N–H and O–H groups in total. The number of benzene rings is 1. The Morgan fingerprint density at radius 2 is 1.28 bits per heavy atom. The summed E-state index contributed by atoms with van der Waals surface area (Å²) < 4.78 is 43.4. The van der Waals surface area contributed by atoms with E-state index in [1.807, 2.05) is 0 Å². The van der Waals surface area contributed by atoms with E-state index >= 15 is 0 Å². The molecule has 0 aliphatic heterocycles. The first-order valence-corrected chi connectivity index (χ1v) is 14.9. The highest BCUT2D eigenvalue weighted by molar-refractivity contribution is 5.98. The number of esters is 2. The van der Waals surface area contributed by atoms with Crippen molar-refractivity contribution in [2.75, 3.05) is 14.2 Å². The van der Waals surface area contributed by atoms with Crippen LogP contribution in [0.3, 0.4) is 0 Å². The van der Waals surface area contributed by atoms with Gasteiger partial charge in [0.15, 0.2) is 23.2 Å². The van der Waals surface area contributed by atoms with Crippen LogP contribution in [0.5, 0.6) is 5.75 Å². The van der Waals surface area contributed by atoms with Crippen molar-refractivity contribution < 1.29 is 51.8 Å². The molecule has 0 aromatic heterocycles. The van der Waals surface area contributed by atoms with E-state index in [2.05, 4.69) is 20.7 Å². The van der Waals surface area contributed by atoms with E-state index < -0.39 is 100 Å². The van der Waals surface area contributed by atoms with Crippen LogP contribution < -0.4 is 20.7 Å². The number of para-hydroxylation sites is 1. The predicted octanol–water partition coefficient (Wildman–Crippen LogP) is 3.00. The van der Waals surface area contributed by atoms with Crippen molar-refractivity contribution in [3.8, 4) is 5.75 Å². The Morgan fingerprint density at radius 1 is 0.761 bits per heavy atom. The van der Waals surface area contributed by atoms with Gasteiger partial charge in [0.1, 0.15) is 17.7 Å². The zero-order valence-electron chi connectivity index (χ0n) is 28.2. The van der Waals surface area contributed by atoms with Crippen molar-refractivity contribution in [3.05, 3.63) is 29.8 Å². The van der Waals surface area contributed by atoms with E-state index in [0.29, 0.717) is 0 Å². The Hall–Kier alpha value is -4.10. The fourth-order valence-corrected chi connectivity index (χ4v) is 4.90. The first-order valence-electron chi connectivity index (χ1n) is 14.9. The van der Waals surface area contributed by atoms with Crippen LogP contribution in [0.25, 0.3) is 0 Å². The summed E-state index contributed by atoms with van der Waals surface area (Å²) >= 11 is 0. The van der Waals surface area contributed by atoms with Crippen LogP contribution in [0.2, 0.25) is 0 Å². The third-order valence-corrected chi connectivity index (χ3v) is 7.21. The van der Waals surface area contributed by atoms with Crippen molar-refractivity contribution in [2.45, 2.75) is 98.4 Å². The van der Waals surface area contributed by atoms with Gasteiger partial charge >= 0.3 is 11.9 Å². The van der Waals surface area contributed by atoms with Gasteiger partial charge in [0, 0.05) is 11.3 Å². The van der Waals surface area contributed by atoms with E-state index in [4.69, 9.17) is 9.47 Å². The Balaban J connectivity index is 3.08. The van der Waals surface area contributed by atoms with Gasteiger partial charge in [-0.15, -0.1) is 0 Å². The highest BCUT2D eigenvalue weighted by Crippen LogP contribution is 2.35. The average molecular weight is 656 g/mol. The molecular weight excluding hydrogens is 608 g/mol. The smallest absolute Gasteiger partial charge is 0.308 e. The number of carbonyl (C=O) groups is 6. The molecule has 46 heavy (non-hydrogen) atoms. The number of Topliss-reactive ketones (excluding diaryl/α,β-unsaturated/α-hetero) is 1. The molecule has 4 atom stereocenters. The molecule has 1 aromatic carbocycles. The van der Waals surface area contributed by atoms with E-state index in [1.54, 1.807) is 27.7 Å². The van der Waals surface area contributed by atoms with Crippen molar-refractivity contribution >= 4 is 35.4 Å². The zero-order valence-corrected chi connectivity index (χ0v) is 28.2. The third kappa shape index (κ3) is 12.0. The maximum atomic E-state index is 14.2. The number of methoxy groups -OCH3 is 2. The van der Waals surface area contributed by atoms with Crippen LogP contribution in [0.1, 0.15) is 74.7 Å². The second kappa shape index (κ2) is 17.0. The van der Waals surface area contributed by atoms with Crippen molar-refractivity contribution in [2.24, 2.45) is 17.3 Å². The largest absolute Gasteiger partial charge is 0.482 e. The fraction of sp³-hybridized carbons (Fsp3) is 0.625. The van der Waals surface area contributed by atoms with E-state index in [0.717, 1.165) is 19.2 Å². The van der Waals surface area contributed by atoms with Crippen LogP contribution in [0.4, 0.5) is 8.78 Å². The van der Waals surface area contributed by atoms with Gasteiger partial charge in [-0.25, -0.2) is 8.78 Å². The van der Waals surface area contributed by atoms with Crippen LogP contribution in [0, 0.1) is 28.9 Å². The van der Waals surface area contributed by atoms with Gasteiger partial charge in [-0.1, -0.05) is 40.7 Å². The van der Waals surface area contributed by atoms with Crippen LogP contribution in [0.15, 0.2) is 18.2 Å². The van der Waals surface area contributed by atoms with Gasteiger partial charge in [0.25, 0.3) is 0 Å². The van der Waals surface area contributed by atoms with Crippen LogP contribution in [-0.4, -0.2) is 73.4 Å². The topological polar surface area (TPSA) is 166 Å². The lowest BCUT2D eigenvalue weighted by atomic mass is 9.75. The van der Waals surface area contributed by atoms with Crippen molar-refractivity contribution in [1.82, 2.24) is 16.0 Å². The van der Waals surface area contributed by atoms with Gasteiger partial charge in [0.05, 0.1) is 33.1 Å². The molecule has 3 amide bonds. The normalized spacial score (nSPS) is 14.3. The molecule has 0 aliphatic carbocycles. The van der Waals surface area contributed by atoms with Gasteiger partial charge < -0.3 is 30.2 Å². The molecule has 2 unspecified atom stereocenters. The third-order valence-electron chi connectivity index (χ3n) is 7.21. The highest BCUT2D eigenvalue weighted by atomic mass is 19.1. The minimum absolute atomic E-state index is 0.0728. The second-order valence-electron chi connectivity index (χ2n) is 12.8. The molecule has 0 saturated heterocycles. The van der Waals surface area contributed by atoms with Crippen LogP contribution in [-0.2, 0) is 38.2 Å². The minimum atomic E-state index is -1.39. The summed E-state index contributed by atoms with van der Waals surface area (Å²) in [7, 11) is 2.31. The lowest BCUT2D eigenvalue weighted by molar-refractivity contribution is -0.145. The lowest BCUT2D eigenvalue weighted by Crippen LogP contribution is -2.57. The first-order chi connectivity index (χ1) is 21.1. The molecule has 0 fully saturated rings. The Bertz CT molecular complexity index is 1260. The molecule has 1 rings (SSSR count). The maximum Gasteiger partial charge on any atom is 0.308 e. The summed E-state index contributed by atoms with van der Waals surface area (Å²) in [5, 5.41) is 7.59. The number of ether oxygens (including phenoxy) is 3. The van der Waals surface area contributed by atoms with Gasteiger partial charge in [-0.05, 0) is 45.2 Å². The molecule has 258 valence electrons. The molecule has 1 aromatic rings. The summed E-state index contributed by atoms with van der Waals surface area (Å²) in [5.41, 5.74) is -2.56. The number of nitrogens with one attached hydrogen (secondary N) is 3.